The quantitative estimate of drug-likeness (QED) is 0.885. The van der Waals surface area contributed by atoms with Gasteiger partial charge in [-0.05, 0) is 36.6 Å². The number of aromatic nitrogens is 1. The molecule has 17 heavy (non-hydrogen) atoms. The second-order valence-corrected chi connectivity index (χ2v) is 5.27. The van der Waals surface area contributed by atoms with Crippen LogP contribution in [0.4, 0.5) is 0 Å². The Balaban J connectivity index is 2.12. The van der Waals surface area contributed by atoms with Crippen LogP contribution in [-0.2, 0) is 19.4 Å². The molecule has 1 aromatic heterocycles. The summed E-state index contributed by atoms with van der Waals surface area (Å²) in [6.45, 7) is 0.531. The highest BCUT2D eigenvalue weighted by Gasteiger charge is 2.20. The number of fused-ring (bicyclic) bond motifs is 3. The molecular weight excluding hydrogens is 232 g/mol. The lowest BCUT2D eigenvalue weighted by atomic mass is 9.93. The summed E-state index contributed by atoms with van der Waals surface area (Å²) in [7, 11) is 1.70. The highest BCUT2D eigenvalue weighted by atomic mass is 32.1. The molecule has 0 spiro atoms. The van der Waals surface area contributed by atoms with Gasteiger partial charge in [-0.1, -0.05) is 0 Å². The molecule has 4 heteroatoms. The first kappa shape index (κ1) is 10.7. The highest BCUT2D eigenvalue weighted by Crippen LogP contribution is 2.37. The summed E-state index contributed by atoms with van der Waals surface area (Å²) in [4.78, 5) is 5.98. The van der Waals surface area contributed by atoms with Crippen LogP contribution < -0.4 is 10.5 Å². The number of benzene rings is 1. The molecule has 0 radical (unpaired) electrons. The predicted molar refractivity (Wildman–Crippen MR) is 69.4 cm³/mol. The van der Waals surface area contributed by atoms with Gasteiger partial charge in [0.15, 0.2) is 0 Å². The van der Waals surface area contributed by atoms with Crippen LogP contribution in [-0.4, -0.2) is 12.1 Å². The maximum absolute atomic E-state index is 5.66. The van der Waals surface area contributed by atoms with Crippen molar-refractivity contribution in [3.63, 3.8) is 0 Å². The minimum atomic E-state index is 0.531. The van der Waals surface area contributed by atoms with Gasteiger partial charge in [0.2, 0.25) is 0 Å². The van der Waals surface area contributed by atoms with Crippen LogP contribution in [0.25, 0.3) is 11.3 Å². The first-order chi connectivity index (χ1) is 8.31. The lowest BCUT2D eigenvalue weighted by Gasteiger charge is -2.15. The Morgan fingerprint density at radius 1 is 1.41 bits per heavy atom. The minimum Gasteiger partial charge on any atom is -0.497 e. The number of hydrogen-bond donors (Lipinski definition) is 1. The van der Waals surface area contributed by atoms with Crippen molar-refractivity contribution in [1.82, 2.24) is 4.98 Å². The summed E-state index contributed by atoms with van der Waals surface area (Å²) in [5, 5.41) is 1.03. The Bertz CT molecular complexity index is 563. The molecule has 3 nitrogen and oxygen atoms in total. The molecule has 1 heterocycles. The molecule has 0 unspecified atom stereocenters. The summed E-state index contributed by atoms with van der Waals surface area (Å²) in [6, 6.07) is 6.21. The van der Waals surface area contributed by atoms with Gasteiger partial charge in [0.05, 0.1) is 12.8 Å². The Labute approximate surface area is 104 Å². The molecule has 1 aromatic carbocycles. The average molecular weight is 246 g/mol. The van der Waals surface area contributed by atoms with Gasteiger partial charge in [-0.15, -0.1) is 11.3 Å². The zero-order valence-corrected chi connectivity index (χ0v) is 10.5. The van der Waals surface area contributed by atoms with E-state index in [2.05, 4.69) is 17.1 Å². The van der Waals surface area contributed by atoms with E-state index in [1.165, 1.54) is 16.0 Å². The van der Waals surface area contributed by atoms with E-state index in [4.69, 9.17) is 10.5 Å². The number of rotatable bonds is 2. The molecule has 1 aliphatic carbocycles. The third-order valence-corrected chi connectivity index (χ3v) is 4.24. The molecule has 0 fully saturated rings. The molecular formula is C13H14N2OS. The van der Waals surface area contributed by atoms with Crippen molar-refractivity contribution in [2.24, 2.45) is 5.73 Å². The van der Waals surface area contributed by atoms with E-state index in [1.807, 2.05) is 6.07 Å². The molecule has 1 aliphatic rings. The van der Waals surface area contributed by atoms with Crippen LogP contribution in [0.5, 0.6) is 5.75 Å². The Morgan fingerprint density at radius 3 is 3.06 bits per heavy atom. The van der Waals surface area contributed by atoms with Crippen LogP contribution in [0, 0.1) is 0 Å². The van der Waals surface area contributed by atoms with Crippen LogP contribution in [0.3, 0.4) is 0 Å². The van der Waals surface area contributed by atoms with E-state index in [0.29, 0.717) is 6.54 Å². The zero-order chi connectivity index (χ0) is 11.8. The molecule has 0 atom stereocenters. The van der Waals surface area contributed by atoms with Crippen molar-refractivity contribution in [1.29, 1.82) is 0 Å². The van der Waals surface area contributed by atoms with Gasteiger partial charge in [-0.2, -0.15) is 0 Å². The average Bonchev–Trinajstić information content (AvgIpc) is 2.81. The summed E-state index contributed by atoms with van der Waals surface area (Å²) in [6.07, 6.45) is 2.12. The zero-order valence-electron chi connectivity index (χ0n) is 9.69. The van der Waals surface area contributed by atoms with Crippen molar-refractivity contribution in [2.75, 3.05) is 7.11 Å². The van der Waals surface area contributed by atoms with Crippen LogP contribution in [0.2, 0.25) is 0 Å². The van der Waals surface area contributed by atoms with E-state index in [0.717, 1.165) is 29.3 Å². The van der Waals surface area contributed by atoms with E-state index in [9.17, 15) is 0 Å². The fourth-order valence-corrected chi connectivity index (χ4v) is 3.21. The van der Waals surface area contributed by atoms with Gasteiger partial charge < -0.3 is 10.5 Å². The monoisotopic (exact) mass is 246 g/mol. The first-order valence-electron chi connectivity index (χ1n) is 5.67. The largest absolute Gasteiger partial charge is 0.497 e. The number of ether oxygens (including phenoxy) is 1. The summed E-state index contributed by atoms with van der Waals surface area (Å²) in [5.41, 5.74) is 9.34. The van der Waals surface area contributed by atoms with Crippen LogP contribution in [0.15, 0.2) is 18.2 Å². The maximum atomic E-state index is 5.66. The summed E-state index contributed by atoms with van der Waals surface area (Å²) < 4.78 is 5.26. The normalized spacial score (nSPS) is 13.1. The Hall–Kier alpha value is -1.39. The second-order valence-electron chi connectivity index (χ2n) is 4.11. The number of nitrogens with two attached hydrogens (primary N) is 1. The fraction of sp³-hybridized carbons (Fsp3) is 0.308. The van der Waals surface area contributed by atoms with E-state index in [-0.39, 0.29) is 0 Å². The summed E-state index contributed by atoms with van der Waals surface area (Å²) in [5.74, 6) is 0.918. The summed E-state index contributed by atoms with van der Waals surface area (Å²) >= 11 is 1.74. The van der Waals surface area contributed by atoms with Gasteiger partial charge in [0, 0.05) is 17.0 Å². The number of hydrogen-bond acceptors (Lipinski definition) is 4. The number of aryl methyl sites for hydroxylation is 2. The van der Waals surface area contributed by atoms with Crippen LogP contribution >= 0.6 is 11.3 Å². The molecule has 0 amide bonds. The van der Waals surface area contributed by atoms with Gasteiger partial charge in [0.1, 0.15) is 10.8 Å². The molecule has 0 bridgehead atoms. The van der Waals surface area contributed by atoms with Crippen LogP contribution in [0.1, 0.15) is 15.4 Å². The SMILES string of the molecule is COc1ccc2c(c1)CCc1sc(CN)nc1-2. The third kappa shape index (κ3) is 1.73. The van der Waals surface area contributed by atoms with Crippen molar-refractivity contribution in [3.05, 3.63) is 33.6 Å². The molecule has 0 saturated carbocycles. The predicted octanol–water partition coefficient (Wildman–Crippen LogP) is 2.38. The number of thiazole rings is 1. The standard InChI is InChI=1S/C13H14N2OS/c1-16-9-3-4-10-8(6-9)2-5-11-13(10)15-12(7-14)17-11/h3-4,6H,2,5,7,14H2,1H3. The topological polar surface area (TPSA) is 48.1 Å². The van der Waals surface area contributed by atoms with Gasteiger partial charge >= 0.3 is 0 Å². The highest BCUT2D eigenvalue weighted by molar-refractivity contribution is 7.12. The lowest BCUT2D eigenvalue weighted by Crippen LogP contribution is -2.02. The van der Waals surface area contributed by atoms with Crippen molar-refractivity contribution in [2.45, 2.75) is 19.4 Å². The van der Waals surface area contributed by atoms with Gasteiger partial charge in [-0.25, -0.2) is 4.98 Å². The molecule has 0 saturated heterocycles. The molecule has 0 aliphatic heterocycles. The van der Waals surface area contributed by atoms with Crippen molar-refractivity contribution < 1.29 is 4.74 Å². The second kappa shape index (κ2) is 4.13. The van der Waals surface area contributed by atoms with Crippen molar-refractivity contribution in [3.8, 4) is 17.0 Å². The molecule has 2 aromatic rings. The maximum Gasteiger partial charge on any atom is 0.119 e. The van der Waals surface area contributed by atoms with E-state index < -0.39 is 0 Å². The van der Waals surface area contributed by atoms with Gasteiger partial charge in [0.25, 0.3) is 0 Å². The van der Waals surface area contributed by atoms with Gasteiger partial charge in [-0.3, -0.25) is 0 Å². The number of nitrogens with zero attached hydrogens (tertiary/aromatic N) is 1. The minimum absolute atomic E-state index is 0.531. The fourth-order valence-electron chi connectivity index (χ4n) is 2.25. The number of methoxy groups -OCH3 is 1. The Morgan fingerprint density at radius 2 is 2.29 bits per heavy atom. The smallest absolute Gasteiger partial charge is 0.119 e. The molecule has 2 N–H and O–H groups in total. The first-order valence-corrected chi connectivity index (χ1v) is 6.49. The molecule has 3 rings (SSSR count). The molecule has 88 valence electrons. The Kier molecular flexibility index (Phi) is 2.61. The van der Waals surface area contributed by atoms with E-state index in [1.54, 1.807) is 18.4 Å². The third-order valence-electron chi connectivity index (χ3n) is 3.11. The van der Waals surface area contributed by atoms with Crippen molar-refractivity contribution >= 4 is 11.3 Å². The lowest BCUT2D eigenvalue weighted by molar-refractivity contribution is 0.414. The van der Waals surface area contributed by atoms with E-state index >= 15 is 0 Å².